The van der Waals surface area contributed by atoms with Gasteiger partial charge in [0, 0.05) is 25.2 Å². The molecule has 0 saturated carbocycles. The van der Waals surface area contributed by atoms with Crippen LogP contribution in [0.4, 0.5) is 0 Å². The smallest absolute Gasteiger partial charge is 0.248 e. The van der Waals surface area contributed by atoms with Gasteiger partial charge in [-0.15, -0.1) is 0 Å². The molecule has 21 heavy (non-hydrogen) atoms. The lowest BCUT2D eigenvalue weighted by Gasteiger charge is -2.42. The topological polar surface area (TPSA) is 75.8 Å². The van der Waals surface area contributed by atoms with Crippen molar-refractivity contribution in [2.45, 2.75) is 39.0 Å². The standard InChI is InChI=1S/C16H24N2O3/c1-11-6-12(15(17)20)4-5-13(11)7-18-8-14(9-19)21-16(2,3)10-18/h4-6,14,19H,7-10H2,1-3H3,(H2,17,20). The van der Waals surface area contributed by atoms with Crippen LogP contribution >= 0.6 is 0 Å². The van der Waals surface area contributed by atoms with E-state index < -0.39 is 5.91 Å². The van der Waals surface area contributed by atoms with Gasteiger partial charge in [-0.25, -0.2) is 0 Å². The summed E-state index contributed by atoms with van der Waals surface area (Å²) >= 11 is 0. The number of benzene rings is 1. The first-order chi connectivity index (χ1) is 9.80. The zero-order valence-corrected chi connectivity index (χ0v) is 12.9. The van der Waals surface area contributed by atoms with E-state index in [2.05, 4.69) is 4.90 Å². The Bertz CT molecular complexity index is 528. The Hall–Kier alpha value is -1.43. The molecule has 0 aromatic heterocycles. The van der Waals surface area contributed by atoms with Crippen LogP contribution in [0.1, 0.15) is 35.3 Å². The minimum Gasteiger partial charge on any atom is -0.394 e. The zero-order valence-electron chi connectivity index (χ0n) is 12.9. The molecule has 0 radical (unpaired) electrons. The van der Waals surface area contributed by atoms with E-state index in [0.29, 0.717) is 12.1 Å². The fourth-order valence-corrected chi connectivity index (χ4v) is 2.90. The third-order valence-electron chi connectivity index (χ3n) is 3.78. The molecule has 1 unspecified atom stereocenters. The van der Waals surface area contributed by atoms with Crippen LogP contribution in [-0.4, -0.2) is 47.3 Å². The second kappa shape index (κ2) is 6.13. The fourth-order valence-electron chi connectivity index (χ4n) is 2.90. The monoisotopic (exact) mass is 292 g/mol. The lowest BCUT2D eigenvalue weighted by Crippen LogP contribution is -2.53. The highest BCUT2D eigenvalue weighted by Gasteiger charge is 2.33. The number of nitrogens with two attached hydrogens (primary N) is 1. The van der Waals surface area contributed by atoms with Gasteiger partial charge < -0.3 is 15.6 Å². The Kier molecular flexibility index (Phi) is 4.66. The summed E-state index contributed by atoms with van der Waals surface area (Å²) in [7, 11) is 0. The number of carbonyl (C=O) groups is 1. The van der Waals surface area contributed by atoms with E-state index in [4.69, 9.17) is 10.5 Å². The molecule has 1 fully saturated rings. The Morgan fingerprint density at radius 3 is 2.81 bits per heavy atom. The molecular weight excluding hydrogens is 268 g/mol. The predicted molar refractivity (Wildman–Crippen MR) is 81.0 cm³/mol. The van der Waals surface area contributed by atoms with Gasteiger partial charge >= 0.3 is 0 Å². The minimum atomic E-state index is -0.405. The van der Waals surface area contributed by atoms with Crippen LogP contribution < -0.4 is 5.73 Å². The van der Waals surface area contributed by atoms with Gasteiger partial charge in [0.05, 0.1) is 18.3 Å². The van der Waals surface area contributed by atoms with Gasteiger partial charge in [-0.05, 0) is 44.0 Å². The quantitative estimate of drug-likeness (QED) is 0.870. The molecule has 5 nitrogen and oxygen atoms in total. The molecule has 2 rings (SSSR count). The number of ether oxygens (including phenoxy) is 1. The largest absolute Gasteiger partial charge is 0.394 e. The van der Waals surface area contributed by atoms with Gasteiger partial charge in [-0.2, -0.15) is 0 Å². The minimum absolute atomic E-state index is 0.0273. The number of hydrogen-bond acceptors (Lipinski definition) is 4. The highest BCUT2D eigenvalue weighted by Crippen LogP contribution is 2.23. The average Bonchev–Trinajstić information content (AvgIpc) is 2.39. The van der Waals surface area contributed by atoms with Crippen molar-refractivity contribution in [3.05, 3.63) is 34.9 Å². The van der Waals surface area contributed by atoms with Crippen LogP contribution in [0.5, 0.6) is 0 Å². The molecule has 1 aromatic carbocycles. The van der Waals surface area contributed by atoms with Crippen LogP contribution in [0.25, 0.3) is 0 Å². The molecule has 1 atom stereocenters. The number of rotatable bonds is 4. The van der Waals surface area contributed by atoms with E-state index in [1.54, 1.807) is 6.07 Å². The maximum Gasteiger partial charge on any atom is 0.248 e. The first-order valence-electron chi connectivity index (χ1n) is 7.21. The van der Waals surface area contributed by atoms with Gasteiger partial charge in [0.1, 0.15) is 0 Å². The molecular formula is C16H24N2O3. The Morgan fingerprint density at radius 1 is 1.52 bits per heavy atom. The number of aryl methyl sites for hydroxylation is 1. The van der Waals surface area contributed by atoms with Crippen LogP contribution in [0.3, 0.4) is 0 Å². The third kappa shape index (κ3) is 4.03. The summed E-state index contributed by atoms with van der Waals surface area (Å²) in [4.78, 5) is 13.5. The first kappa shape index (κ1) is 15.9. The molecule has 1 aromatic rings. The van der Waals surface area contributed by atoms with Crippen LogP contribution in [-0.2, 0) is 11.3 Å². The molecule has 116 valence electrons. The number of primary amides is 1. The number of hydrogen-bond donors (Lipinski definition) is 2. The normalized spacial score (nSPS) is 22.2. The van der Waals surface area contributed by atoms with Gasteiger partial charge in [-0.1, -0.05) is 6.07 Å². The van der Waals surface area contributed by atoms with E-state index >= 15 is 0 Å². The molecule has 1 heterocycles. The molecule has 1 amide bonds. The lowest BCUT2D eigenvalue weighted by atomic mass is 10.0. The van der Waals surface area contributed by atoms with Gasteiger partial charge in [0.25, 0.3) is 0 Å². The van der Waals surface area contributed by atoms with Gasteiger partial charge in [0.15, 0.2) is 0 Å². The number of morpholine rings is 1. The van der Waals surface area contributed by atoms with E-state index in [0.717, 1.165) is 24.2 Å². The van der Waals surface area contributed by atoms with Crippen LogP contribution in [0, 0.1) is 6.92 Å². The van der Waals surface area contributed by atoms with E-state index in [-0.39, 0.29) is 18.3 Å². The third-order valence-corrected chi connectivity index (χ3v) is 3.78. The lowest BCUT2D eigenvalue weighted by molar-refractivity contribution is -0.150. The number of aliphatic hydroxyl groups is 1. The van der Waals surface area contributed by atoms with Crippen LogP contribution in [0.2, 0.25) is 0 Å². The van der Waals surface area contributed by atoms with Crippen molar-refractivity contribution in [2.75, 3.05) is 19.7 Å². The van der Waals surface area contributed by atoms with Crippen molar-refractivity contribution < 1.29 is 14.6 Å². The van der Waals surface area contributed by atoms with Crippen molar-refractivity contribution in [3.8, 4) is 0 Å². The van der Waals surface area contributed by atoms with Crippen molar-refractivity contribution >= 4 is 5.91 Å². The molecule has 5 heteroatoms. The summed E-state index contributed by atoms with van der Waals surface area (Å²) in [5.41, 5.74) is 7.77. The number of amides is 1. The number of nitrogens with zero attached hydrogens (tertiary/aromatic N) is 1. The summed E-state index contributed by atoms with van der Waals surface area (Å²) < 4.78 is 5.82. The molecule has 0 bridgehead atoms. The van der Waals surface area contributed by atoms with E-state index in [9.17, 15) is 9.90 Å². The predicted octanol–water partition coefficient (Wildman–Crippen LogP) is 1.07. The maximum atomic E-state index is 11.2. The van der Waals surface area contributed by atoms with Crippen molar-refractivity contribution in [1.82, 2.24) is 4.90 Å². The van der Waals surface area contributed by atoms with Crippen LogP contribution in [0.15, 0.2) is 18.2 Å². The van der Waals surface area contributed by atoms with E-state index in [1.165, 1.54) is 0 Å². The fraction of sp³-hybridized carbons (Fsp3) is 0.562. The van der Waals surface area contributed by atoms with Gasteiger partial charge in [-0.3, -0.25) is 9.69 Å². The van der Waals surface area contributed by atoms with E-state index in [1.807, 2.05) is 32.9 Å². The first-order valence-corrected chi connectivity index (χ1v) is 7.21. The molecule has 0 spiro atoms. The Balaban J connectivity index is 2.12. The summed E-state index contributed by atoms with van der Waals surface area (Å²) in [6, 6.07) is 5.54. The molecule has 0 aliphatic carbocycles. The van der Waals surface area contributed by atoms with Crippen molar-refractivity contribution in [2.24, 2.45) is 5.73 Å². The molecule has 1 saturated heterocycles. The van der Waals surface area contributed by atoms with Crippen molar-refractivity contribution in [3.63, 3.8) is 0 Å². The maximum absolute atomic E-state index is 11.2. The molecule has 3 N–H and O–H groups in total. The Labute approximate surface area is 125 Å². The highest BCUT2D eigenvalue weighted by molar-refractivity contribution is 5.93. The second-order valence-corrected chi connectivity index (χ2v) is 6.36. The average molecular weight is 292 g/mol. The summed E-state index contributed by atoms with van der Waals surface area (Å²) in [6.07, 6.45) is -0.154. The summed E-state index contributed by atoms with van der Waals surface area (Å²) in [6.45, 7) is 8.36. The highest BCUT2D eigenvalue weighted by atomic mass is 16.5. The van der Waals surface area contributed by atoms with Crippen molar-refractivity contribution in [1.29, 1.82) is 0 Å². The van der Waals surface area contributed by atoms with Gasteiger partial charge in [0.2, 0.25) is 5.91 Å². The SMILES string of the molecule is Cc1cc(C(N)=O)ccc1CN1CC(CO)OC(C)(C)C1. The summed E-state index contributed by atoms with van der Waals surface area (Å²) in [5, 5.41) is 9.36. The molecule has 1 aliphatic heterocycles. The number of carbonyl (C=O) groups excluding carboxylic acids is 1. The number of aliphatic hydroxyl groups excluding tert-OH is 1. The summed E-state index contributed by atoms with van der Waals surface area (Å²) in [5.74, 6) is -0.405. The molecule has 1 aliphatic rings. The second-order valence-electron chi connectivity index (χ2n) is 6.36. The zero-order chi connectivity index (χ0) is 15.6. The Morgan fingerprint density at radius 2 is 2.24 bits per heavy atom.